The third-order valence-corrected chi connectivity index (χ3v) is 4.14. The molecule has 0 radical (unpaired) electrons. The molecule has 0 bridgehead atoms. The molecule has 2 N–H and O–H groups in total. The Morgan fingerprint density at radius 3 is 2.39 bits per heavy atom. The smallest absolute Gasteiger partial charge is 0.408 e. The Labute approximate surface area is 136 Å². The van der Waals surface area contributed by atoms with Gasteiger partial charge in [-0.3, -0.25) is 0 Å². The van der Waals surface area contributed by atoms with Gasteiger partial charge >= 0.3 is 12.1 Å². The molecule has 1 aromatic heterocycles. The van der Waals surface area contributed by atoms with Crippen LogP contribution in [-0.2, 0) is 16.1 Å². The lowest BCUT2D eigenvalue weighted by atomic mass is 9.93. The Hall–Kier alpha value is -2.05. The number of ether oxygens (including phenoxy) is 1. The molecular formula is C16H25N3O4. The van der Waals surface area contributed by atoms with Crippen LogP contribution < -0.4 is 5.32 Å². The molecule has 1 aliphatic carbocycles. The number of carboxylic acids is 1. The summed E-state index contributed by atoms with van der Waals surface area (Å²) in [5.74, 6) is -1.15. The van der Waals surface area contributed by atoms with Crippen molar-refractivity contribution >= 4 is 12.1 Å². The zero-order valence-corrected chi connectivity index (χ0v) is 14.3. The van der Waals surface area contributed by atoms with E-state index in [-0.39, 0.29) is 12.5 Å². The van der Waals surface area contributed by atoms with E-state index in [9.17, 15) is 14.7 Å². The highest BCUT2D eigenvalue weighted by atomic mass is 16.6. The van der Waals surface area contributed by atoms with E-state index < -0.39 is 23.2 Å². The average Bonchev–Trinajstić information content (AvgIpc) is 3.19. The first-order valence-corrected chi connectivity index (χ1v) is 7.78. The van der Waals surface area contributed by atoms with Crippen molar-refractivity contribution in [1.29, 1.82) is 0 Å². The lowest BCUT2D eigenvalue weighted by Crippen LogP contribution is -2.59. The van der Waals surface area contributed by atoms with E-state index in [0.717, 1.165) is 24.2 Å². The van der Waals surface area contributed by atoms with Gasteiger partial charge in [0.2, 0.25) is 0 Å². The Kier molecular flexibility index (Phi) is 4.41. The number of carbonyl (C=O) groups is 2. The van der Waals surface area contributed by atoms with Gasteiger partial charge in [0.05, 0.1) is 18.6 Å². The molecule has 1 aliphatic rings. The molecule has 1 atom stereocenters. The lowest BCUT2D eigenvalue weighted by Gasteiger charge is -2.32. The van der Waals surface area contributed by atoms with Gasteiger partial charge in [-0.15, -0.1) is 0 Å². The summed E-state index contributed by atoms with van der Waals surface area (Å²) in [5, 5.41) is 12.5. The molecule has 2 rings (SSSR count). The summed E-state index contributed by atoms with van der Waals surface area (Å²) < 4.78 is 7.03. The molecule has 128 valence electrons. The Morgan fingerprint density at radius 1 is 1.39 bits per heavy atom. The molecular weight excluding hydrogens is 298 g/mol. The fourth-order valence-electron chi connectivity index (χ4n) is 2.60. The minimum absolute atomic E-state index is 0.102. The molecule has 7 nitrogen and oxygen atoms in total. The van der Waals surface area contributed by atoms with Crippen LogP contribution in [0.1, 0.15) is 45.0 Å². The maximum atomic E-state index is 12.2. The van der Waals surface area contributed by atoms with Gasteiger partial charge in [0.1, 0.15) is 5.60 Å². The molecule has 7 heteroatoms. The minimum atomic E-state index is -1.37. The summed E-state index contributed by atoms with van der Waals surface area (Å²) in [4.78, 5) is 28.4. The molecule has 23 heavy (non-hydrogen) atoms. The quantitative estimate of drug-likeness (QED) is 0.867. The second kappa shape index (κ2) is 5.86. The first-order valence-electron chi connectivity index (χ1n) is 7.78. The maximum Gasteiger partial charge on any atom is 0.408 e. The topological polar surface area (TPSA) is 93.5 Å². The van der Waals surface area contributed by atoms with Crippen molar-refractivity contribution in [3.8, 4) is 0 Å². The number of carboxylic acid groups (broad SMARTS) is 1. The van der Waals surface area contributed by atoms with Crippen LogP contribution in [0.5, 0.6) is 0 Å². The number of hydrogen-bond acceptors (Lipinski definition) is 4. The van der Waals surface area contributed by atoms with Crippen LogP contribution in [0.4, 0.5) is 4.79 Å². The first kappa shape index (κ1) is 17.3. The van der Waals surface area contributed by atoms with Crippen LogP contribution in [-0.4, -0.2) is 37.9 Å². The second-order valence-electron chi connectivity index (χ2n) is 7.22. The van der Waals surface area contributed by atoms with E-state index in [1.807, 2.05) is 13.8 Å². The van der Waals surface area contributed by atoms with Crippen LogP contribution in [0.2, 0.25) is 0 Å². The van der Waals surface area contributed by atoms with E-state index in [1.54, 1.807) is 31.7 Å². The fourth-order valence-corrected chi connectivity index (χ4v) is 2.60. The molecule has 1 amide bonds. The summed E-state index contributed by atoms with van der Waals surface area (Å²) in [7, 11) is 0. The molecule has 1 fully saturated rings. The highest BCUT2D eigenvalue weighted by Crippen LogP contribution is 2.41. The third-order valence-electron chi connectivity index (χ3n) is 4.14. The number of carbonyl (C=O) groups excluding carboxylic acids is 1. The molecule has 0 aromatic carbocycles. The molecule has 1 saturated carbocycles. The normalized spacial score (nSPS) is 17.4. The van der Waals surface area contributed by atoms with Crippen molar-refractivity contribution in [2.45, 2.75) is 65.1 Å². The molecule has 0 saturated heterocycles. The van der Waals surface area contributed by atoms with Crippen LogP contribution in [0.3, 0.4) is 0 Å². The zero-order chi connectivity index (χ0) is 17.4. The summed E-state index contributed by atoms with van der Waals surface area (Å²) in [6, 6.07) is 0. The van der Waals surface area contributed by atoms with Crippen LogP contribution in [0, 0.1) is 19.8 Å². The number of aryl methyl sites for hydroxylation is 1. The predicted molar refractivity (Wildman–Crippen MR) is 84.2 cm³/mol. The van der Waals surface area contributed by atoms with E-state index in [1.165, 1.54) is 0 Å². The van der Waals surface area contributed by atoms with Crippen molar-refractivity contribution in [2.24, 2.45) is 5.92 Å². The summed E-state index contributed by atoms with van der Waals surface area (Å²) in [6.07, 6.45) is 2.45. The Bertz CT molecular complexity index is 613. The predicted octanol–water partition coefficient (Wildman–Crippen LogP) is 2.26. The van der Waals surface area contributed by atoms with Crippen molar-refractivity contribution in [2.75, 3.05) is 0 Å². The van der Waals surface area contributed by atoms with Gasteiger partial charge in [-0.1, -0.05) is 0 Å². The standard InChI is InChI=1S/C16H25N3O4/c1-10-11(2)19(9-17-10)8-16(13(20)21,12-6-7-12)18-14(22)23-15(3,4)5/h9,12H,6-8H2,1-5H3,(H,18,22)(H,20,21). The van der Waals surface area contributed by atoms with E-state index >= 15 is 0 Å². The van der Waals surface area contributed by atoms with E-state index in [2.05, 4.69) is 10.3 Å². The molecule has 1 aromatic rings. The number of rotatable bonds is 5. The maximum absolute atomic E-state index is 12.2. The van der Waals surface area contributed by atoms with Gasteiger partial charge in [0.25, 0.3) is 0 Å². The Morgan fingerprint density at radius 2 is 2.00 bits per heavy atom. The number of aliphatic carboxylic acids is 1. The molecule has 0 aliphatic heterocycles. The van der Waals surface area contributed by atoms with Gasteiger partial charge in [-0.05, 0) is 53.4 Å². The van der Waals surface area contributed by atoms with Gasteiger partial charge < -0.3 is 19.7 Å². The minimum Gasteiger partial charge on any atom is -0.479 e. The van der Waals surface area contributed by atoms with E-state index in [4.69, 9.17) is 4.74 Å². The molecule has 0 spiro atoms. The van der Waals surface area contributed by atoms with Crippen molar-refractivity contribution < 1.29 is 19.4 Å². The van der Waals surface area contributed by atoms with Crippen LogP contribution in [0.15, 0.2) is 6.33 Å². The summed E-state index contributed by atoms with van der Waals surface area (Å²) >= 11 is 0. The summed E-state index contributed by atoms with van der Waals surface area (Å²) in [5.41, 5.74) is -0.320. The third kappa shape index (κ3) is 3.83. The monoisotopic (exact) mass is 323 g/mol. The molecule has 1 unspecified atom stereocenters. The van der Waals surface area contributed by atoms with Crippen molar-refractivity contribution in [1.82, 2.24) is 14.9 Å². The number of nitrogens with zero attached hydrogens (tertiary/aromatic N) is 2. The number of imidazole rings is 1. The largest absolute Gasteiger partial charge is 0.479 e. The highest BCUT2D eigenvalue weighted by molar-refractivity contribution is 5.85. The van der Waals surface area contributed by atoms with Crippen LogP contribution in [0.25, 0.3) is 0 Å². The average molecular weight is 323 g/mol. The fraction of sp³-hybridized carbons (Fsp3) is 0.688. The van der Waals surface area contributed by atoms with Crippen molar-refractivity contribution in [3.63, 3.8) is 0 Å². The van der Waals surface area contributed by atoms with Gasteiger partial charge in [-0.2, -0.15) is 0 Å². The Balaban J connectivity index is 2.27. The van der Waals surface area contributed by atoms with E-state index in [0.29, 0.717) is 0 Å². The number of hydrogen-bond donors (Lipinski definition) is 2. The number of alkyl carbamates (subject to hydrolysis) is 1. The van der Waals surface area contributed by atoms with Gasteiger partial charge in [0, 0.05) is 5.69 Å². The number of nitrogens with one attached hydrogen (secondary N) is 1. The zero-order valence-electron chi connectivity index (χ0n) is 14.3. The number of amides is 1. The SMILES string of the molecule is Cc1ncn(CC(NC(=O)OC(C)(C)C)(C(=O)O)C2CC2)c1C. The molecule has 1 heterocycles. The van der Waals surface area contributed by atoms with Crippen LogP contribution >= 0.6 is 0 Å². The van der Waals surface area contributed by atoms with Gasteiger partial charge in [0.15, 0.2) is 5.54 Å². The summed E-state index contributed by atoms with van der Waals surface area (Å²) in [6.45, 7) is 9.13. The van der Waals surface area contributed by atoms with Gasteiger partial charge in [-0.25, -0.2) is 14.6 Å². The first-order chi connectivity index (χ1) is 10.5. The van der Waals surface area contributed by atoms with Crippen molar-refractivity contribution in [3.05, 3.63) is 17.7 Å². The number of aromatic nitrogens is 2. The highest BCUT2D eigenvalue weighted by Gasteiger charge is 2.53. The second-order valence-corrected chi connectivity index (χ2v) is 7.22. The lowest BCUT2D eigenvalue weighted by molar-refractivity contribution is -0.146.